The number of ether oxygens (including phenoxy) is 1. The van der Waals surface area contributed by atoms with E-state index in [1.165, 1.54) is 41.4 Å². The van der Waals surface area contributed by atoms with Gasteiger partial charge in [-0.1, -0.05) is 17.7 Å². The molecule has 3 rings (SSSR count). The first-order valence-electron chi connectivity index (χ1n) is 8.65. The monoisotopic (exact) mass is 431 g/mol. The number of amides is 1. The van der Waals surface area contributed by atoms with Crippen LogP contribution in [0.15, 0.2) is 41.8 Å². The van der Waals surface area contributed by atoms with Crippen LogP contribution in [0.5, 0.6) is 5.75 Å². The van der Waals surface area contributed by atoms with E-state index in [0.29, 0.717) is 10.8 Å². The summed E-state index contributed by atoms with van der Waals surface area (Å²) in [5, 5.41) is 13.7. The average molecular weight is 432 g/mol. The second-order valence-corrected chi connectivity index (χ2v) is 7.68. The molecule has 0 spiro atoms. The quantitative estimate of drug-likeness (QED) is 0.375. The number of carbonyl (C=O) groups excluding carboxylic acids is 1. The number of nitrogens with zero attached hydrogens (tertiary/aromatic N) is 3. The fourth-order valence-electron chi connectivity index (χ4n) is 2.66. The number of anilines is 2. The third-order valence-electron chi connectivity index (χ3n) is 4.29. The minimum absolute atomic E-state index is 0.0254. The summed E-state index contributed by atoms with van der Waals surface area (Å²) in [5.74, 6) is -0.0602. The van der Waals surface area contributed by atoms with E-state index in [0.717, 1.165) is 16.8 Å². The van der Waals surface area contributed by atoms with Crippen LogP contribution in [-0.4, -0.2) is 15.8 Å². The van der Waals surface area contributed by atoms with Crippen LogP contribution in [0.4, 0.5) is 16.5 Å². The van der Waals surface area contributed by atoms with Gasteiger partial charge in [-0.3, -0.25) is 19.8 Å². The SMILES string of the molecule is CC(=O)N(c1ccc(C)c(C)c1)c1nc(COc2ccc(Cl)cc2[N+](=O)[O-])cs1. The molecular formula is C20H18ClN3O4S. The number of carbonyl (C=O) groups is 1. The molecule has 0 aliphatic rings. The van der Waals surface area contributed by atoms with E-state index >= 15 is 0 Å². The van der Waals surface area contributed by atoms with Crippen LogP contribution in [0.1, 0.15) is 23.7 Å². The summed E-state index contributed by atoms with van der Waals surface area (Å²) in [5.41, 5.74) is 3.28. The van der Waals surface area contributed by atoms with Gasteiger partial charge in [-0.2, -0.15) is 0 Å². The molecule has 0 N–H and O–H groups in total. The maximum Gasteiger partial charge on any atom is 0.312 e. The van der Waals surface area contributed by atoms with Gasteiger partial charge >= 0.3 is 5.69 Å². The average Bonchev–Trinajstić information content (AvgIpc) is 3.11. The van der Waals surface area contributed by atoms with Gasteiger partial charge in [0.1, 0.15) is 6.61 Å². The number of nitro benzene ring substituents is 1. The summed E-state index contributed by atoms with van der Waals surface area (Å²) in [6, 6.07) is 9.97. The maximum atomic E-state index is 12.3. The maximum absolute atomic E-state index is 12.3. The first-order chi connectivity index (χ1) is 13.8. The minimum Gasteiger partial charge on any atom is -0.480 e. The molecule has 0 atom stereocenters. The van der Waals surface area contributed by atoms with E-state index in [1.54, 1.807) is 5.38 Å². The lowest BCUT2D eigenvalue weighted by Gasteiger charge is -2.19. The molecule has 0 saturated carbocycles. The number of halogens is 1. The van der Waals surface area contributed by atoms with E-state index in [4.69, 9.17) is 16.3 Å². The summed E-state index contributed by atoms with van der Waals surface area (Å²) < 4.78 is 5.57. The molecule has 150 valence electrons. The zero-order chi connectivity index (χ0) is 21.1. The standard InChI is InChI=1S/C20H18ClN3O4S/c1-12-4-6-17(8-13(12)2)23(14(3)25)20-22-16(11-29-20)10-28-19-7-5-15(21)9-18(19)24(26)27/h4-9,11H,10H2,1-3H3. The zero-order valence-corrected chi connectivity index (χ0v) is 17.6. The lowest BCUT2D eigenvalue weighted by Crippen LogP contribution is -2.22. The van der Waals surface area contributed by atoms with Crippen molar-refractivity contribution in [1.29, 1.82) is 0 Å². The van der Waals surface area contributed by atoms with Crippen molar-refractivity contribution in [2.75, 3.05) is 4.90 Å². The molecule has 7 nitrogen and oxygen atoms in total. The Hall–Kier alpha value is -2.97. The normalized spacial score (nSPS) is 10.6. The largest absolute Gasteiger partial charge is 0.480 e. The lowest BCUT2D eigenvalue weighted by atomic mass is 10.1. The van der Waals surface area contributed by atoms with Gasteiger partial charge in [-0.25, -0.2) is 4.98 Å². The number of hydrogen-bond donors (Lipinski definition) is 0. The highest BCUT2D eigenvalue weighted by molar-refractivity contribution is 7.14. The molecule has 3 aromatic rings. The molecule has 0 bridgehead atoms. The summed E-state index contributed by atoms with van der Waals surface area (Å²) in [6.07, 6.45) is 0. The highest BCUT2D eigenvalue weighted by Gasteiger charge is 2.20. The van der Waals surface area contributed by atoms with E-state index < -0.39 is 4.92 Å². The summed E-state index contributed by atoms with van der Waals surface area (Å²) >= 11 is 7.11. The van der Waals surface area contributed by atoms with Crippen LogP contribution < -0.4 is 9.64 Å². The summed E-state index contributed by atoms with van der Waals surface area (Å²) in [7, 11) is 0. The number of thiazole rings is 1. The number of rotatable bonds is 6. The molecule has 9 heteroatoms. The fraction of sp³-hybridized carbons (Fsp3) is 0.200. The van der Waals surface area contributed by atoms with E-state index in [-0.39, 0.29) is 29.0 Å². The Bertz CT molecular complexity index is 1080. The van der Waals surface area contributed by atoms with E-state index in [9.17, 15) is 14.9 Å². The number of nitro groups is 1. The van der Waals surface area contributed by atoms with Crippen LogP contribution in [0, 0.1) is 24.0 Å². The predicted molar refractivity (Wildman–Crippen MR) is 113 cm³/mol. The Morgan fingerprint density at radius 3 is 2.66 bits per heavy atom. The Kier molecular flexibility index (Phi) is 6.14. The molecule has 0 fully saturated rings. The van der Waals surface area contributed by atoms with Gasteiger partial charge in [0.05, 0.1) is 16.3 Å². The van der Waals surface area contributed by atoms with Crippen molar-refractivity contribution in [3.8, 4) is 5.75 Å². The van der Waals surface area contributed by atoms with Gasteiger partial charge in [0.25, 0.3) is 0 Å². The fourth-order valence-corrected chi connectivity index (χ4v) is 3.70. The highest BCUT2D eigenvalue weighted by Crippen LogP contribution is 2.32. The van der Waals surface area contributed by atoms with Gasteiger partial charge in [0, 0.05) is 23.4 Å². The Balaban J connectivity index is 1.82. The molecule has 0 radical (unpaired) electrons. The lowest BCUT2D eigenvalue weighted by molar-refractivity contribution is -0.385. The molecule has 0 aliphatic heterocycles. The van der Waals surface area contributed by atoms with E-state index in [1.807, 2.05) is 32.0 Å². The molecule has 1 heterocycles. The van der Waals surface area contributed by atoms with Crippen LogP contribution in [-0.2, 0) is 11.4 Å². The Morgan fingerprint density at radius 1 is 1.24 bits per heavy atom. The Labute approximate surface area is 176 Å². The first-order valence-corrected chi connectivity index (χ1v) is 9.91. The predicted octanol–water partition coefficient (Wildman–Crippen LogP) is 5.59. The first kappa shape index (κ1) is 20.8. The van der Waals surface area contributed by atoms with E-state index in [2.05, 4.69) is 4.98 Å². The third kappa shape index (κ3) is 4.72. The summed E-state index contributed by atoms with van der Waals surface area (Å²) in [4.78, 5) is 28.9. The molecule has 0 aliphatic carbocycles. The smallest absolute Gasteiger partial charge is 0.312 e. The van der Waals surface area contributed by atoms with Crippen molar-refractivity contribution in [2.24, 2.45) is 0 Å². The third-order valence-corrected chi connectivity index (χ3v) is 5.40. The van der Waals surface area contributed by atoms with Gasteiger partial charge < -0.3 is 4.74 Å². The van der Waals surface area contributed by atoms with Crippen molar-refractivity contribution >= 4 is 45.4 Å². The number of hydrogen-bond acceptors (Lipinski definition) is 6. The second kappa shape index (κ2) is 8.59. The number of aromatic nitrogens is 1. The van der Waals surface area contributed by atoms with Crippen LogP contribution >= 0.6 is 22.9 Å². The molecule has 0 saturated heterocycles. The molecule has 2 aromatic carbocycles. The zero-order valence-electron chi connectivity index (χ0n) is 16.0. The van der Waals surface area contributed by atoms with Crippen LogP contribution in [0.25, 0.3) is 0 Å². The topological polar surface area (TPSA) is 85.6 Å². The Morgan fingerprint density at radius 2 is 2.00 bits per heavy atom. The number of benzene rings is 2. The van der Waals surface area contributed by atoms with Crippen LogP contribution in [0.2, 0.25) is 5.02 Å². The van der Waals surface area contributed by atoms with Gasteiger partial charge in [0.2, 0.25) is 5.91 Å². The number of aryl methyl sites for hydroxylation is 2. The molecule has 1 amide bonds. The van der Waals surface area contributed by atoms with Gasteiger partial charge in [-0.15, -0.1) is 11.3 Å². The van der Waals surface area contributed by atoms with Crippen molar-refractivity contribution < 1.29 is 14.5 Å². The summed E-state index contributed by atoms with van der Waals surface area (Å²) in [6.45, 7) is 5.49. The molecule has 1 aromatic heterocycles. The van der Waals surface area contributed by atoms with Crippen LogP contribution in [0.3, 0.4) is 0 Å². The highest BCUT2D eigenvalue weighted by atomic mass is 35.5. The van der Waals surface area contributed by atoms with Gasteiger partial charge in [-0.05, 0) is 49.2 Å². The second-order valence-electron chi connectivity index (χ2n) is 6.40. The van der Waals surface area contributed by atoms with Crippen molar-refractivity contribution in [3.63, 3.8) is 0 Å². The van der Waals surface area contributed by atoms with Crippen molar-refractivity contribution in [2.45, 2.75) is 27.4 Å². The van der Waals surface area contributed by atoms with Crippen molar-refractivity contribution in [1.82, 2.24) is 4.98 Å². The molecular weight excluding hydrogens is 414 g/mol. The molecule has 29 heavy (non-hydrogen) atoms. The molecule has 0 unspecified atom stereocenters. The van der Waals surface area contributed by atoms with Crippen molar-refractivity contribution in [3.05, 3.63) is 73.7 Å². The van der Waals surface area contributed by atoms with Gasteiger partial charge in [0.15, 0.2) is 10.9 Å². The minimum atomic E-state index is -0.551.